The van der Waals surface area contributed by atoms with Gasteiger partial charge in [-0.3, -0.25) is 4.79 Å². The van der Waals surface area contributed by atoms with Crippen LogP contribution >= 0.6 is 0 Å². The van der Waals surface area contributed by atoms with E-state index in [9.17, 15) is 100 Å². The van der Waals surface area contributed by atoms with Crippen molar-refractivity contribution in [2.45, 2.75) is 48.2 Å². The van der Waals surface area contributed by atoms with Gasteiger partial charge in [-0.25, -0.2) is 24.0 Å². The van der Waals surface area contributed by atoms with Gasteiger partial charge in [0, 0.05) is 5.56 Å². The van der Waals surface area contributed by atoms with Crippen molar-refractivity contribution in [1.29, 1.82) is 0 Å². The van der Waals surface area contributed by atoms with Crippen molar-refractivity contribution in [1.82, 2.24) is 0 Å². The van der Waals surface area contributed by atoms with Crippen LogP contribution in [0.3, 0.4) is 0 Å². The first-order valence-corrected chi connectivity index (χ1v) is 19.0. The summed E-state index contributed by atoms with van der Waals surface area (Å²) >= 11 is 0. The maximum absolute atomic E-state index is 14.5. The molecule has 3 heterocycles. The average molecular weight is 955 g/mol. The fourth-order valence-electron chi connectivity index (χ4n) is 7.60. The predicted molar refractivity (Wildman–Crippen MR) is 205 cm³/mol. The van der Waals surface area contributed by atoms with Crippen LogP contribution in [0.4, 0.5) is 0 Å². The Morgan fingerprint density at radius 3 is 1.54 bits per heavy atom. The number of aromatic hydroxyl groups is 11. The number of esters is 5. The largest absolute Gasteiger partial charge is 0.504 e. The zero-order chi connectivity index (χ0) is 49.6. The molecular formula is C41H30O27. The van der Waals surface area contributed by atoms with Crippen LogP contribution in [-0.4, -0.2) is 156 Å². The third kappa shape index (κ3) is 7.18. The van der Waals surface area contributed by atoms with Gasteiger partial charge in [0.2, 0.25) is 23.9 Å². The van der Waals surface area contributed by atoms with Crippen LogP contribution in [0.25, 0.3) is 0 Å². The first kappa shape index (κ1) is 45.6. The summed E-state index contributed by atoms with van der Waals surface area (Å²) in [5, 5.41) is 145. The lowest BCUT2D eigenvalue weighted by atomic mass is 9.74. The van der Waals surface area contributed by atoms with Crippen LogP contribution in [0.2, 0.25) is 0 Å². The molecule has 7 unspecified atom stereocenters. The summed E-state index contributed by atoms with van der Waals surface area (Å²) in [4.78, 5) is 83.3. The van der Waals surface area contributed by atoms with E-state index in [1.807, 2.05) is 0 Å². The van der Waals surface area contributed by atoms with Crippen molar-refractivity contribution in [3.63, 3.8) is 0 Å². The van der Waals surface area contributed by atoms with Gasteiger partial charge in [-0.1, -0.05) is 0 Å². The molecule has 8 rings (SSSR count). The monoisotopic (exact) mass is 954 g/mol. The van der Waals surface area contributed by atoms with Gasteiger partial charge in [-0.15, -0.1) is 0 Å². The number of rotatable bonds is 7. The van der Waals surface area contributed by atoms with E-state index in [0.717, 1.165) is 0 Å². The van der Waals surface area contributed by atoms with Gasteiger partial charge in [0.25, 0.3) is 11.6 Å². The third-order valence-electron chi connectivity index (χ3n) is 10.9. The lowest BCUT2D eigenvalue weighted by Crippen LogP contribution is -2.66. The molecule has 2 bridgehead atoms. The van der Waals surface area contributed by atoms with Crippen molar-refractivity contribution in [2.24, 2.45) is 0 Å². The van der Waals surface area contributed by atoms with Crippen LogP contribution in [0.15, 0.2) is 54.1 Å². The van der Waals surface area contributed by atoms with Crippen LogP contribution in [0.5, 0.6) is 69.0 Å². The van der Waals surface area contributed by atoms with E-state index in [4.69, 9.17) is 33.2 Å². The zero-order valence-corrected chi connectivity index (χ0v) is 33.4. The molecule has 4 aromatic rings. The minimum Gasteiger partial charge on any atom is -0.504 e. The van der Waals surface area contributed by atoms with Crippen molar-refractivity contribution >= 4 is 35.6 Å². The Hall–Kier alpha value is -8.92. The number of phenolic OH excluding ortho intramolecular Hbond substituents is 11. The Labute approximate surface area is 374 Å². The van der Waals surface area contributed by atoms with Gasteiger partial charge in [-0.2, -0.15) is 0 Å². The molecule has 27 heteroatoms. The molecule has 1 saturated heterocycles. The quantitative estimate of drug-likeness (QED) is 0.0453. The summed E-state index contributed by atoms with van der Waals surface area (Å²) in [7, 11) is 0. The second-order valence-corrected chi connectivity index (χ2v) is 15.1. The molecule has 0 radical (unpaired) electrons. The lowest BCUT2D eigenvalue weighted by molar-refractivity contribution is -0.323. The first-order chi connectivity index (χ1) is 31.8. The summed E-state index contributed by atoms with van der Waals surface area (Å²) in [5.74, 6) is -34.1. The Bertz CT molecular complexity index is 2870. The topological polar surface area (TPSA) is 450 Å². The molecule has 0 saturated carbocycles. The fraction of sp³-hybridized carbons (Fsp3) is 0.220. The molecule has 0 spiro atoms. The van der Waals surface area contributed by atoms with E-state index in [1.54, 1.807) is 0 Å². The Morgan fingerprint density at radius 2 is 1.03 bits per heavy atom. The SMILES string of the molecule is O=C1OC2C(OC(=O)c3cc(O)c(O)c(O)c3)OC(COC(=O)c3cc(O)c(O)c(O)c3)C(OC(=O)c3cc(O)c(O)c4c3C3C1=CC(=O)C(O)(O)C3(O)O4)C2OC(=O)c1cc(O)c(O)c(O)c1. The number of ketones is 1. The van der Waals surface area contributed by atoms with Gasteiger partial charge < -0.3 is 105 Å². The van der Waals surface area contributed by atoms with Crippen molar-refractivity contribution in [3.8, 4) is 69.0 Å². The fourth-order valence-corrected chi connectivity index (χ4v) is 7.60. The smallest absolute Gasteiger partial charge is 0.340 e. The molecule has 27 nitrogen and oxygen atoms in total. The number of fused-ring (bicyclic) bond motifs is 2. The maximum Gasteiger partial charge on any atom is 0.340 e. The number of phenols is 11. The molecule has 4 aromatic carbocycles. The number of hydrogen-bond acceptors (Lipinski definition) is 27. The molecule has 68 heavy (non-hydrogen) atoms. The van der Waals surface area contributed by atoms with Crippen LogP contribution < -0.4 is 4.74 Å². The molecule has 7 atom stereocenters. The highest BCUT2D eigenvalue weighted by Crippen LogP contribution is 2.60. The number of aliphatic hydroxyl groups is 3. The van der Waals surface area contributed by atoms with E-state index in [-0.39, 0.29) is 6.08 Å². The molecular weight excluding hydrogens is 924 g/mol. The highest BCUT2D eigenvalue weighted by molar-refractivity contribution is 6.08. The average Bonchev–Trinajstić information content (AvgIpc) is 3.60. The van der Waals surface area contributed by atoms with Gasteiger partial charge in [0.05, 0.1) is 33.7 Å². The van der Waals surface area contributed by atoms with E-state index < -0.39 is 193 Å². The summed E-state index contributed by atoms with van der Waals surface area (Å²) in [6.45, 7) is -1.26. The van der Waals surface area contributed by atoms with Gasteiger partial charge >= 0.3 is 29.8 Å². The van der Waals surface area contributed by atoms with Gasteiger partial charge in [-0.05, 0) is 48.5 Å². The van der Waals surface area contributed by atoms with E-state index in [0.29, 0.717) is 42.5 Å². The normalized spacial score (nSPS) is 24.5. The summed E-state index contributed by atoms with van der Waals surface area (Å²) < 4.78 is 38.8. The second kappa shape index (κ2) is 15.9. The van der Waals surface area contributed by atoms with Gasteiger partial charge in [0.1, 0.15) is 12.7 Å². The lowest BCUT2D eigenvalue weighted by Gasteiger charge is -2.44. The van der Waals surface area contributed by atoms with Crippen LogP contribution in [0, 0.1) is 0 Å². The first-order valence-electron chi connectivity index (χ1n) is 19.0. The molecule has 14 N–H and O–H groups in total. The standard InChI is InChI=1S/C41H30O27/c42-15-1-10(2-16(43)26(15)50)34(54)62-9-22-30-32(65-35(55)11-3-17(44)27(51)18(45)4-11)33(39(63-22)67-36(56)12-5-19(46)28(52)20(47)6-12)66-38(58)14-8-23(49)40(59,60)41(61)25(14)24-13(37(57)64-30)7-21(48)29(53)31(24)68-41/h1-8,22,25,30,32-33,39,42-48,50-53,59-61H,9H2. The Balaban J connectivity index is 1.32. The number of benzene rings is 4. The molecule has 1 fully saturated rings. The summed E-state index contributed by atoms with van der Waals surface area (Å²) in [6.07, 6.45) is -12.1. The van der Waals surface area contributed by atoms with E-state index in [2.05, 4.69) is 0 Å². The molecule has 0 amide bonds. The zero-order valence-electron chi connectivity index (χ0n) is 33.4. The minimum atomic E-state index is -4.03. The Morgan fingerprint density at radius 1 is 0.574 bits per heavy atom. The minimum absolute atomic E-state index is 0.186. The van der Waals surface area contributed by atoms with E-state index in [1.165, 1.54) is 0 Å². The van der Waals surface area contributed by atoms with E-state index >= 15 is 0 Å². The van der Waals surface area contributed by atoms with Crippen molar-refractivity contribution in [2.75, 3.05) is 6.61 Å². The number of carbonyl (C=O) groups is 6. The van der Waals surface area contributed by atoms with Crippen LogP contribution in [-0.2, 0) is 38.0 Å². The van der Waals surface area contributed by atoms with Crippen molar-refractivity contribution < 1.29 is 133 Å². The molecule has 356 valence electrons. The number of carbonyl (C=O) groups excluding carboxylic acids is 6. The number of ether oxygens (including phenoxy) is 7. The highest BCUT2D eigenvalue weighted by atomic mass is 16.8. The maximum atomic E-state index is 14.5. The molecule has 0 aromatic heterocycles. The Kier molecular flexibility index (Phi) is 10.7. The number of hydrogen-bond donors (Lipinski definition) is 14. The third-order valence-corrected chi connectivity index (χ3v) is 10.9. The summed E-state index contributed by atoms with van der Waals surface area (Å²) in [5.41, 5.74) is -5.33. The highest BCUT2D eigenvalue weighted by Gasteiger charge is 2.70. The predicted octanol–water partition coefficient (Wildman–Crippen LogP) is -1.08. The van der Waals surface area contributed by atoms with Gasteiger partial charge in [0.15, 0.2) is 75.5 Å². The molecule has 1 aliphatic carbocycles. The summed E-state index contributed by atoms with van der Waals surface area (Å²) in [6, 6.07) is 3.86. The second-order valence-electron chi connectivity index (χ2n) is 15.1. The molecule has 4 aliphatic rings. The molecule has 3 aliphatic heterocycles. The van der Waals surface area contributed by atoms with Crippen LogP contribution in [0.1, 0.15) is 52.9 Å². The van der Waals surface area contributed by atoms with Crippen molar-refractivity contribution in [3.05, 3.63) is 81.9 Å².